The summed E-state index contributed by atoms with van der Waals surface area (Å²) in [6.07, 6.45) is 1.67. The smallest absolute Gasteiger partial charge is 0.323 e. The van der Waals surface area contributed by atoms with Gasteiger partial charge in [-0.05, 0) is 25.1 Å². The number of rotatable bonds is 2. The van der Waals surface area contributed by atoms with E-state index in [2.05, 4.69) is 4.98 Å². The minimum absolute atomic E-state index is 0.0354. The summed E-state index contributed by atoms with van der Waals surface area (Å²) in [5.41, 5.74) is 1.65. The summed E-state index contributed by atoms with van der Waals surface area (Å²) >= 11 is 0. The topological polar surface area (TPSA) is 55.1 Å². The van der Waals surface area contributed by atoms with Gasteiger partial charge in [0.2, 0.25) is 0 Å². The number of hydrogen-bond donors (Lipinski definition) is 1. The number of carbonyl (C=O) groups is 1. The summed E-state index contributed by atoms with van der Waals surface area (Å²) in [7, 11) is 0. The van der Waals surface area contributed by atoms with Crippen LogP contribution in [-0.4, -0.2) is 20.6 Å². The van der Waals surface area contributed by atoms with Crippen LogP contribution in [0.2, 0.25) is 0 Å². The Morgan fingerprint density at radius 3 is 2.81 bits per heavy atom. The van der Waals surface area contributed by atoms with E-state index in [0.29, 0.717) is 0 Å². The van der Waals surface area contributed by atoms with Crippen LogP contribution in [0.15, 0.2) is 24.4 Å². The molecule has 86 valence electrons. The first-order chi connectivity index (χ1) is 7.68. The Morgan fingerprint density at radius 2 is 2.19 bits per heavy atom. The molecule has 0 aliphatic rings. The van der Waals surface area contributed by atoms with E-state index in [4.69, 9.17) is 5.11 Å². The number of carboxylic acids is 1. The van der Waals surface area contributed by atoms with E-state index in [1.807, 2.05) is 39.0 Å². The Bertz CT molecular complexity index is 489. The van der Waals surface area contributed by atoms with E-state index < -0.39 is 5.97 Å². The van der Waals surface area contributed by atoms with Gasteiger partial charge < -0.3 is 9.67 Å². The van der Waals surface area contributed by atoms with Crippen LogP contribution in [-0.2, 0) is 11.3 Å². The Hall–Kier alpha value is -1.84. The van der Waals surface area contributed by atoms with Crippen LogP contribution in [0.1, 0.15) is 19.5 Å². The molecule has 0 atom stereocenters. The van der Waals surface area contributed by atoms with Crippen molar-refractivity contribution in [2.24, 2.45) is 0 Å². The number of carboxylic acid groups (broad SMARTS) is 1. The lowest BCUT2D eigenvalue weighted by molar-refractivity contribution is -0.137. The lowest BCUT2D eigenvalue weighted by Gasteiger charge is -2.02. The normalized spacial score (nSPS) is 9.69. The lowest BCUT2D eigenvalue weighted by atomic mass is 10.3. The fourth-order valence-corrected chi connectivity index (χ4v) is 1.55. The van der Waals surface area contributed by atoms with Gasteiger partial charge >= 0.3 is 5.97 Å². The quantitative estimate of drug-likeness (QED) is 0.845. The van der Waals surface area contributed by atoms with Crippen LogP contribution in [0.3, 0.4) is 0 Å². The molecule has 0 saturated heterocycles. The number of aromatic nitrogens is 2. The molecule has 2 aromatic rings. The highest BCUT2D eigenvalue weighted by atomic mass is 16.4. The van der Waals surface area contributed by atoms with Gasteiger partial charge in [0, 0.05) is 17.3 Å². The molecule has 0 saturated carbocycles. The van der Waals surface area contributed by atoms with Gasteiger partial charge in [-0.2, -0.15) is 0 Å². The Labute approximate surface area is 94.5 Å². The molecule has 0 bridgehead atoms. The second-order valence-electron chi connectivity index (χ2n) is 3.18. The molecule has 0 aliphatic heterocycles. The highest BCUT2D eigenvalue weighted by Crippen LogP contribution is 2.16. The molecular formula is C12H16N2O2. The second-order valence-corrected chi connectivity index (χ2v) is 3.18. The average molecular weight is 220 g/mol. The van der Waals surface area contributed by atoms with E-state index in [-0.39, 0.29) is 6.54 Å². The monoisotopic (exact) mass is 220 g/mol. The molecule has 0 aliphatic carbocycles. The fraction of sp³-hybridized carbons (Fsp3) is 0.333. The van der Waals surface area contributed by atoms with E-state index in [1.54, 1.807) is 10.8 Å². The Balaban J connectivity index is 0.000000606. The standard InChI is InChI=1S/C10H10N2O2.C2H6/c1-7-5-8-3-2-4-11-10(8)12(7)6-9(13)14;1-2/h2-5H,6H2,1H3,(H,13,14);1-2H3. The zero-order valence-corrected chi connectivity index (χ0v) is 9.77. The van der Waals surface area contributed by atoms with Crippen LogP contribution in [0.4, 0.5) is 0 Å². The minimum atomic E-state index is -0.851. The van der Waals surface area contributed by atoms with Crippen molar-refractivity contribution in [2.45, 2.75) is 27.3 Å². The molecule has 0 unspecified atom stereocenters. The molecule has 0 fully saturated rings. The van der Waals surface area contributed by atoms with Crippen molar-refractivity contribution >= 4 is 17.0 Å². The first-order valence-corrected chi connectivity index (χ1v) is 5.31. The van der Waals surface area contributed by atoms with Gasteiger partial charge in [-0.3, -0.25) is 4.79 Å². The summed E-state index contributed by atoms with van der Waals surface area (Å²) in [4.78, 5) is 14.8. The lowest BCUT2D eigenvalue weighted by Crippen LogP contribution is -2.10. The third-order valence-electron chi connectivity index (χ3n) is 2.16. The van der Waals surface area contributed by atoms with Crippen molar-refractivity contribution in [1.29, 1.82) is 0 Å². The predicted molar refractivity (Wildman–Crippen MR) is 63.5 cm³/mol. The first-order valence-electron chi connectivity index (χ1n) is 5.31. The van der Waals surface area contributed by atoms with Gasteiger partial charge in [0.25, 0.3) is 0 Å². The Morgan fingerprint density at radius 1 is 1.50 bits per heavy atom. The van der Waals surface area contributed by atoms with Gasteiger partial charge in [-0.25, -0.2) is 4.98 Å². The van der Waals surface area contributed by atoms with Gasteiger partial charge in [-0.15, -0.1) is 0 Å². The predicted octanol–water partition coefficient (Wildman–Crippen LogP) is 2.46. The maximum absolute atomic E-state index is 10.6. The Kier molecular flexibility index (Phi) is 4.05. The number of pyridine rings is 1. The largest absolute Gasteiger partial charge is 0.480 e. The average Bonchev–Trinajstić information content (AvgIpc) is 2.58. The molecule has 4 nitrogen and oxygen atoms in total. The fourth-order valence-electron chi connectivity index (χ4n) is 1.55. The van der Waals surface area contributed by atoms with Crippen LogP contribution in [0.25, 0.3) is 11.0 Å². The molecule has 1 N–H and O–H groups in total. The van der Waals surface area contributed by atoms with Crippen LogP contribution in [0.5, 0.6) is 0 Å². The number of hydrogen-bond acceptors (Lipinski definition) is 2. The maximum atomic E-state index is 10.6. The molecule has 2 rings (SSSR count). The summed E-state index contributed by atoms with van der Waals surface area (Å²) in [5, 5.41) is 9.70. The van der Waals surface area contributed by atoms with Crippen molar-refractivity contribution < 1.29 is 9.90 Å². The van der Waals surface area contributed by atoms with Crippen molar-refractivity contribution in [3.05, 3.63) is 30.1 Å². The molecule has 16 heavy (non-hydrogen) atoms. The molecule has 4 heteroatoms. The number of nitrogens with zero attached hydrogens (tertiary/aromatic N) is 2. The van der Waals surface area contributed by atoms with E-state index >= 15 is 0 Å². The minimum Gasteiger partial charge on any atom is -0.480 e. The molecule has 0 amide bonds. The van der Waals surface area contributed by atoms with Crippen LogP contribution >= 0.6 is 0 Å². The van der Waals surface area contributed by atoms with Crippen molar-refractivity contribution in [2.75, 3.05) is 0 Å². The van der Waals surface area contributed by atoms with E-state index in [1.165, 1.54) is 0 Å². The van der Waals surface area contributed by atoms with Gasteiger partial charge in [0.15, 0.2) is 0 Å². The van der Waals surface area contributed by atoms with E-state index in [9.17, 15) is 4.79 Å². The first kappa shape index (κ1) is 12.2. The molecule has 0 spiro atoms. The molecule has 0 radical (unpaired) electrons. The molecule has 0 aromatic carbocycles. The number of aliphatic carboxylic acids is 1. The van der Waals surface area contributed by atoms with Gasteiger partial charge in [0.1, 0.15) is 12.2 Å². The SMILES string of the molecule is CC.Cc1cc2cccnc2n1CC(=O)O. The van der Waals surface area contributed by atoms with Crippen molar-refractivity contribution in [1.82, 2.24) is 9.55 Å². The second kappa shape index (κ2) is 5.30. The third-order valence-corrected chi connectivity index (χ3v) is 2.16. The highest BCUT2D eigenvalue weighted by Gasteiger charge is 2.08. The van der Waals surface area contributed by atoms with Crippen molar-refractivity contribution in [3.8, 4) is 0 Å². The molecule has 2 heterocycles. The van der Waals surface area contributed by atoms with Crippen LogP contribution in [0, 0.1) is 6.92 Å². The molecule has 2 aromatic heterocycles. The maximum Gasteiger partial charge on any atom is 0.323 e. The van der Waals surface area contributed by atoms with E-state index in [0.717, 1.165) is 16.7 Å². The summed E-state index contributed by atoms with van der Waals surface area (Å²) in [6, 6.07) is 5.70. The number of aryl methyl sites for hydroxylation is 1. The summed E-state index contributed by atoms with van der Waals surface area (Å²) in [6.45, 7) is 5.84. The third kappa shape index (κ3) is 2.39. The summed E-state index contributed by atoms with van der Waals surface area (Å²) < 4.78 is 1.69. The van der Waals surface area contributed by atoms with Gasteiger partial charge in [0.05, 0.1) is 0 Å². The zero-order valence-electron chi connectivity index (χ0n) is 9.77. The highest BCUT2D eigenvalue weighted by molar-refractivity contribution is 5.79. The van der Waals surface area contributed by atoms with Gasteiger partial charge in [-0.1, -0.05) is 13.8 Å². The van der Waals surface area contributed by atoms with Crippen molar-refractivity contribution in [3.63, 3.8) is 0 Å². The summed E-state index contributed by atoms with van der Waals surface area (Å²) in [5.74, 6) is -0.851. The number of fused-ring (bicyclic) bond motifs is 1. The molecular weight excluding hydrogens is 204 g/mol. The van der Waals surface area contributed by atoms with Crippen LogP contribution < -0.4 is 0 Å². The zero-order chi connectivity index (χ0) is 12.1.